The van der Waals surface area contributed by atoms with Gasteiger partial charge in [-0.15, -0.1) is 0 Å². The van der Waals surface area contributed by atoms with E-state index in [-0.39, 0.29) is 6.10 Å². The fraction of sp³-hybridized carbons (Fsp3) is 0.417. The summed E-state index contributed by atoms with van der Waals surface area (Å²) in [5.74, 6) is 2.95. The molecule has 1 saturated heterocycles. The minimum absolute atomic E-state index is 0.229. The Labute approximate surface area is 192 Å². The van der Waals surface area contributed by atoms with Crippen molar-refractivity contribution in [2.45, 2.75) is 25.4 Å². The molecule has 0 N–H and O–H groups in total. The molecule has 3 atom stereocenters. The zero-order chi connectivity index (χ0) is 21.5. The monoisotopic (exact) mass is 457 g/mol. The maximum atomic E-state index is 6.43. The average molecular weight is 458 g/mol. The highest BCUT2D eigenvalue weighted by molar-refractivity contribution is 6.42. The molecule has 5 rings (SSSR count). The van der Waals surface area contributed by atoms with E-state index in [0.29, 0.717) is 22.2 Å². The molecule has 5 nitrogen and oxygen atoms in total. The van der Waals surface area contributed by atoms with Crippen molar-refractivity contribution in [2.24, 2.45) is 11.8 Å². The van der Waals surface area contributed by atoms with Crippen molar-refractivity contribution in [3.63, 3.8) is 0 Å². The lowest BCUT2D eigenvalue weighted by Gasteiger charge is -2.19. The molecule has 1 aromatic heterocycles. The third-order valence-electron chi connectivity index (χ3n) is 6.54. The summed E-state index contributed by atoms with van der Waals surface area (Å²) < 4.78 is 12.1. The number of methoxy groups -OCH3 is 1. The van der Waals surface area contributed by atoms with Crippen LogP contribution in [0.5, 0.6) is 11.5 Å². The molecule has 7 heteroatoms. The molecule has 3 aromatic rings. The second-order valence-corrected chi connectivity index (χ2v) is 9.53. The van der Waals surface area contributed by atoms with E-state index in [1.807, 2.05) is 30.3 Å². The lowest BCUT2D eigenvalue weighted by molar-refractivity contribution is 0.183. The molecule has 0 spiro atoms. The van der Waals surface area contributed by atoms with Gasteiger partial charge in [-0.2, -0.15) is 0 Å². The number of halogens is 2. The smallest absolute Gasteiger partial charge is 0.163 e. The molecule has 2 aliphatic rings. The maximum absolute atomic E-state index is 6.43. The Balaban J connectivity index is 1.42. The van der Waals surface area contributed by atoms with E-state index < -0.39 is 0 Å². The number of ether oxygens (including phenoxy) is 2. The van der Waals surface area contributed by atoms with Crippen molar-refractivity contribution in [1.29, 1.82) is 0 Å². The molecule has 162 valence electrons. The van der Waals surface area contributed by atoms with E-state index in [1.54, 1.807) is 13.4 Å². The number of aromatic nitrogens is 2. The van der Waals surface area contributed by atoms with E-state index >= 15 is 0 Å². The highest BCUT2D eigenvalue weighted by Crippen LogP contribution is 2.41. The Kier molecular flexibility index (Phi) is 5.67. The van der Waals surface area contributed by atoms with Gasteiger partial charge >= 0.3 is 0 Å². The summed E-state index contributed by atoms with van der Waals surface area (Å²) in [7, 11) is 3.88. The van der Waals surface area contributed by atoms with Crippen LogP contribution in [0.4, 0.5) is 0 Å². The third-order valence-corrected chi connectivity index (χ3v) is 7.28. The first kappa shape index (κ1) is 20.8. The lowest BCUT2D eigenvalue weighted by Crippen LogP contribution is -2.20. The number of hydrogen-bond donors (Lipinski definition) is 0. The Hall–Kier alpha value is -2.08. The van der Waals surface area contributed by atoms with Crippen LogP contribution in [0.2, 0.25) is 10.0 Å². The SMILES string of the molecule is COc1cc2c(Cc3ccc(Cl)c(Cl)c3)ncnc2cc1OC1C[C@@H]2CN(C)C[C@@H]2C1. The zero-order valence-electron chi connectivity index (χ0n) is 17.6. The van der Waals surface area contributed by atoms with Crippen LogP contribution in [0, 0.1) is 11.8 Å². The van der Waals surface area contributed by atoms with E-state index in [4.69, 9.17) is 32.7 Å². The summed E-state index contributed by atoms with van der Waals surface area (Å²) in [6, 6.07) is 9.62. The minimum Gasteiger partial charge on any atom is -0.493 e. The van der Waals surface area contributed by atoms with Gasteiger partial charge in [0.25, 0.3) is 0 Å². The fourth-order valence-corrected chi connectivity index (χ4v) is 5.43. The summed E-state index contributed by atoms with van der Waals surface area (Å²) >= 11 is 12.2. The van der Waals surface area contributed by atoms with Gasteiger partial charge in [-0.25, -0.2) is 9.97 Å². The highest BCUT2D eigenvalue weighted by Gasteiger charge is 2.40. The first-order valence-electron chi connectivity index (χ1n) is 10.6. The van der Waals surface area contributed by atoms with Crippen LogP contribution in [0.1, 0.15) is 24.1 Å². The molecule has 1 aliphatic heterocycles. The summed E-state index contributed by atoms with van der Waals surface area (Å²) in [4.78, 5) is 11.4. The maximum Gasteiger partial charge on any atom is 0.163 e. The number of fused-ring (bicyclic) bond motifs is 2. The molecule has 0 bridgehead atoms. The quantitative estimate of drug-likeness (QED) is 0.523. The molecule has 2 heterocycles. The standard InChI is InChI=1S/C24H25Cl2N3O2/c1-29-11-15-7-17(8-16(15)12-29)31-24-10-22-18(9-23(24)30-2)21(27-13-28-22)6-14-3-4-19(25)20(26)5-14/h3-5,9-10,13,15-17H,6-8,11-12H2,1-2H3/t15-,16+,17?. The van der Waals surface area contributed by atoms with Gasteiger partial charge in [-0.05, 0) is 55.5 Å². The molecule has 31 heavy (non-hydrogen) atoms. The molecule has 0 amide bonds. The predicted molar refractivity (Wildman–Crippen MR) is 123 cm³/mol. The largest absolute Gasteiger partial charge is 0.493 e. The normalized spacial score (nSPS) is 23.3. The average Bonchev–Trinajstić information content (AvgIpc) is 3.27. The summed E-state index contributed by atoms with van der Waals surface area (Å²) in [6.45, 7) is 2.34. The molecule has 1 saturated carbocycles. The second-order valence-electron chi connectivity index (χ2n) is 8.72. The second kappa shape index (κ2) is 8.45. The molecule has 1 unspecified atom stereocenters. The molecule has 0 radical (unpaired) electrons. The first-order valence-corrected chi connectivity index (χ1v) is 11.4. The van der Waals surface area contributed by atoms with Crippen LogP contribution in [0.25, 0.3) is 10.9 Å². The highest BCUT2D eigenvalue weighted by atomic mass is 35.5. The van der Waals surface area contributed by atoms with Gasteiger partial charge in [0.15, 0.2) is 11.5 Å². The summed E-state index contributed by atoms with van der Waals surface area (Å²) in [5.41, 5.74) is 2.79. The van der Waals surface area contributed by atoms with Crippen LogP contribution in [-0.4, -0.2) is 48.2 Å². The summed E-state index contributed by atoms with van der Waals surface area (Å²) in [5, 5.41) is 2.03. The van der Waals surface area contributed by atoms with Crippen molar-refractivity contribution in [2.75, 3.05) is 27.2 Å². The van der Waals surface area contributed by atoms with E-state index in [1.165, 1.54) is 13.1 Å². The molecule has 1 aliphatic carbocycles. The number of rotatable bonds is 5. The Morgan fingerprint density at radius 2 is 1.77 bits per heavy atom. The lowest BCUT2D eigenvalue weighted by atomic mass is 10.0. The number of likely N-dealkylation sites (tertiary alicyclic amines) is 1. The van der Waals surface area contributed by atoms with Crippen molar-refractivity contribution in [1.82, 2.24) is 14.9 Å². The summed E-state index contributed by atoms with van der Waals surface area (Å²) in [6.07, 6.45) is 4.65. The Bertz CT molecular complexity index is 1110. The number of hydrogen-bond acceptors (Lipinski definition) is 5. The number of benzene rings is 2. The fourth-order valence-electron chi connectivity index (χ4n) is 5.11. The van der Waals surface area contributed by atoms with Crippen LogP contribution in [0.15, 0.2) is 36.7 Å². The van der Waals surface area contributed by atoms with Crippen molar-refractivity contribution < 1.29 is 9.47 Å². The van der Waals surface area contributed by atoms with Crippen molar-refractivity contribution in [3.8, 4) is 11.5 Å². The van der Waals surface area contributed by atoms with E-state index in [9.17, 15) is 0 Å². The molecule has 2 fully saturated rings. The Morgan fingerprint density at radius 3 is 2.48 bits per heavy atom. The van der Waals surface area contributed by atoms with Crippen LogP contribution >= 0.6 is 23.2 Å². The van der Waals surface area contributed by atoms with Gasteiger partial charge < -0.3 is 14.4 Å². The predicted octanol–water partition coefficient (Wildman–Crippen LogP) is 5.26. The van der Waals surface area contributed by atoms with Gasteiger partial charge in [0, 0.05) is 31.0 Å². The van der Waals surface area contributed by atoms with Crippen molar-refractivity contribution in [3.05, 3.63) is 58.0 Å². The van der Waals surface area contributed by atoms with Crippen molar-refractivity contribution >= 4 is 34.1 Å². The topological polar surface area (TPSA) is 47.5 Å². The number of nitrogens with zero attached hydrogens (tertiary/aromatic N) is 3. The Morgan fingerprint density at radius 1 is 1.00 bits per heavy atom. The van der Waals surface area contributed by atoms with Gasteiger partial charge in [-0.3, -0.25) is 0 Å². The first-order chi connectivity index (χ1) is 15.0. The third kappa shape index (κ3) is 4.19. The van der Waals surface area contributed by atoms with Crippen LogP contribution < -0.4 is 9.47 Å². The van der Waals surface area contributed by atoms with Gasteiger partial charge in [0.2, 0.25) is 0 Å². The molecule has 2 aromatic carbocycles. The molecular formula is C24H25Cl2N3O2. The minimum atomic E-state index is 0.229. The van der Waals surface area contributed by atoms with Gasteiger partial charge in [0.1, 0.15) is 6.33 Å². The van der Waals surface area contributed by atoms with Gasteiger partial charge in [-0.1, -0.05) is 29.3 Å². The van der Waals surface area contributed by atoms with Crippen LogP contribution in [0.3, 0.4) is 0 Å². The zero-order valence-corrected chi connectivity index (χ0v) is 19.2. The van der Waals surface area contributed by atoms with Crippen LogP contribution in [-0.2, 0) is 6.42 Å². The van der Waals surface area contributed by atoms with E-state index in [0.717, 1.165) is 52.6 Å². The van der Waals surface area contributed by atoms with Gasteiger partial charge in [0.05, 0.1) is 34.5 Å². The van der Waals surface area contributed by atoms with E-state index in [2.05, 4.69) is 21.9 Å². The molecular weight excluding hydrogens is 433 g/mol.